The van der Waals surface area contributed by atoms with Crippen LogP contribution in [0.5, 0.6) is 0 Å². The summed E-state index contributed by atoms with van der Waals surface area (Å²) in [6, 6.07) is 20.3. The number of benzene rings is 2. The molecule has 0 aliphatic rings. The van der Waals surface area contributed by atoms with Gasteiger partial charge in [0.25, 0.3) is 0 Å². The Kier molecular flexibility index (Phi) is 4.62. The Balaban J connectivity index is 1.62. The average Bonchev–Trinajstić information content (AvgIpc) is 3.00. The standard InChI is InChI=1S/C19H18ClNO/c1-14-7-8-16(11-18(14)20)19-10-9-17(22-19)13-21-12-15-5-3-2-4-6-15/h2-11,21H,12-13H2,1H3. The summed E-state index contributed by atoms with van der Waals surface area (Å²) in [6.45, 7) is 3.52. The van der Waals surface area contributed by atoms with Crippen molar-refractivity contribution in [1.29, 1.82) is 0 Å². The minimum Gasteiger partial charge on any atom is -0.460 e. The summed E-state index contributed by atoms with van der Waals surface area (Å²) >= 11 is 6.17. The van der Waals surface area contributed by atoms with E-state index in [0.717, 1.165) is 34.2 Å². The molecule has 0 amide bonds. The molecule has 0 spiro atoms. The highest BCUT2D eigenvalue weighted by Crippen LogP contribution is 2.26. The topological polar surface area (TPSA) is 25.2 Å². The number of hydrogen-bond donors (Lipinski definition) is 1. The minimum atomic E-state index is 0.703. The molecule has 0 bridgehead atoms. The Morgan fingerprint density at radius 1 is 0.955 bits per heavy atom. The summed E-state index contributed by atoms with van der Waals surface area (Å²) in [4.78, 5) is 0. The molecule has 3 aromatic rings. The van der Waals surface area contributed by atoms with Crippen LogP contribution in [0.3, 0.4) is 0 Å². The van der Waals surface area contributed by atoms with E-state index in [-0.39, 0.29) is 0 Å². The molecule has 0 saturated heterocycles. The smallest absolute Gasteiger partial charge is 0.134 e. The highest BCUT2D eigenvalue weighted by Gasteiger charge is 2.06. The Bertz CT molecular complexity index is 749. The third kappa shape index (κ3) is 3.59. The normalized spacial score (nSPS) is 10.8. The molecule has 0 saturated carbocycles. The van der Waals surface area contributed by atoms with Gasteiger partial charge in [0.15, 0.2) is 0 Å². The molecule has 112 valence electrons. The SMILES string of the molecule is Cc1ccc(-c2ccc(CNCc3ccccc3)o2)cc1Cl. The first-order valence-electron chi connectivity index (χ1n) is 7.32. The lowest BCUT2D eigenvalue weighted by Gasteiger charge is -2.03. The number of rotatable bonds is 5. The first-order chi connectivity index (χ1) is 10.7. The number of hydrogen-bond acceptors (Lipinski definition) is 2. The largest absolute Gasteiger partial charge is 0.460 e. The van der Waals surface area contributed by atoms with Crippen LogP contribution >= 0.6 is 11.6 Å². The van der Waals surface area contributed by atoms with Gasteiger partial charge in [0.2, 0.25) is 0 Å². The third-order valence-corrected chi connectivity index (χ3v) is 4.00. The highest BCUT2D eigenvalue weighted by molar-refractivity contribution is 6.31. The lowest BCUT2D eigenvalue weighted by atomic mass is 10.1. The maximum atomic E-state index is 6.17. The summed E-state index contributed by atoms with van der Waals surface area (Å²) in [5.74, 6) is 1.76. The van der Waals surface area contributed by atoms with Crippen LogP contribution in [0.4, 0.5) is 0 Å². The lowest BCUT2D eigenvalue weighted by molar-refractivity contribution is 0.493. The van der Waals surface area contributed by atoms with E-state index < -0.39 is 0 Å². The average molecular weight is 312 g/mol. The third-order valence-electron chi connectivity index (χ3n) is 3.59. The number of halogens is 1. The number of aryl methyl sites for hydroxylation is 1. The van der Waals surface area contributed by atoms with E-state index in [9.17, 15) is 0 Å². The molecule has 0 fully saturated rings. The van der Waals surface area contributed by atoms with Gasteiger partial charge < -0.3 is 9.73 Å². The van der Waals surface area contributed by atoms with E-state index in [0.29, 0.717) is 6.54 Å². The van der Waals surface area contributed by atoms with Gasteiger partial charge in [-0.1, -0.05) is 54.1 Å². The zero-order chi connectivity index (χ0) is 15.4. The van der Waals surface area contributed by atoms with Crippen molar-refractivity contribution in [1.82, 2.24) is 5.32 Å². The molecule has 0 unspecified atom stereocenters. The second-order valence-corrected chi connectivity index (χ2v) is 5.73. The molecule has 3 heteroatoms. The first kappa shape index (κ1) is 14.9. The van der Waals surface area contributed by atoms with Crippen LogP contribution < -0.4 is 5.32 Å². The zero-order valence-electron chi connectivity index (χ0n) is 12.5. The van der Waals surface area contributed by atoms with Gasteiger partial charge in [0.05, 0.1) is 6.54 Å². The maximum absolute atomic E-state index is 6.17. The van der Waals surface area contributed by atoms with E-state index in [1.165, 1.54) is 5.56 Å². The van der Waals surface area contributed by atoms with Crippen molar-refractivity contribution in [3.8, 4) is 11.3 Å². The first-order valence-corrected chi connectivity index (χ1v) is 7.70. The molecule has 0 aliphatic carbocycles. The quantitative estimate of drug-likeness (QED) is 0.700. The van der Waals surface area contributed by atoms with Gasteiger partial charge in [-0.15, -0.1) is 0 Å². The second kappa shape index (κ2) is 6.82. The molecule has 2 aromatic carbocycles. The molecule has 2 nitrogen and oxygen atoms in total. The van der Waals surface area contributed by atoms with Crippen LogP contribution in [0.15, 0.2) is 65.1 Å². The van der Waals surface area contributed by atoms with Crippen LogP contribution in [-0.4, -0.2) is 0 Å². The van der Waals surface area contributed by atoms with Gasteiger partial charge in [-0.05, 0) is 36.2 Å². The van der Waals surface area contributed by atoms with Crippen molar-refractivity contribution in [3.63, 3.8) is 0 Å². The molecular formula is C19H18ClNO. The fraction of sp³-hybridized carbons (Fsp3) is 0.158. The zero-order valence-corrected chi connectivity index (χ0v) is 13.2. The van der Waals surface area contributed by atoms with Crippen molar-refractivity contribution in [2.24, 2.45) is 0 Å². The van der Waals surface area contributed by atoms with Crippen LogP contribution in [-0.2, 0) is 13.1 Å². The number of furan rings is 1. The van der Waals surface area contributed by atoms with Gasteiger partial charge in [-0.25, -0.2) is 0 Å². The van der Waals surface area contributed by atoms with E-state index in [2.05, 4.69) is 17.4 Å². The molecule has 3 rings (SSSR count). The van der Waals surface area contributed by atoms with Crippen molar-refractivity contribution >= 4 is 11.6 Å². The fourth-order valence-electron chi connectivity index (χ4n) is 2.30. The predicted octanol–water partition coefficient (Wildman–Crippen LogP) is 5.20. The Morgan fingerprint density at radius 2 is 1.77 bits per heavy atom. The molecule has 1 heterocycles. The Morgan fingerprint density at radius 3 is 2.55 bits per heavy atom. The molecule has 0 aliphatic heterocycles. The van der Waals surface area contributed by atoms with Crippen LogP contribution in [0, 0.1) is 6.92 Å². The fourth-order valence-corrected chi connectivity index (χ4v) is 2.48. The molecule has 22 heavy (non-hydrogen) atoms. The van der Waals surface area contributed by atoms with Crippen molar-refractivity contribution in [2.75, 3.05) is 0 Å². The van der Waals surface area contributed by atoms with Crippen LogP contribution in [0.2, 0.25) is 5.02 Å². The van der Waals surface area contributed by atoms with Crippen LogP contribution in [0.1, 0.15) is 16.9 Å². The van der Waals surface area contributed by atoms with E-state index in [4.69, 9.17) is 16.0 Å². The molecule has 1 aromatic heterocycles. The maximum Gasteiger partial charge on any atom is 0.134 e. The van der Waals surface area contributed by atoms with E-state index >= 15 is 0 Å². The monoisotopic (exact) mass is 311 g/mol. The van der Waals surface area contributed by atoms with Gasteiger partial charge >= 0.3 is 0 Å². The molecular weight excluding hydrogens is 294 g/mol. The molecule has 0 radical (unpaired) electrons. The van der Waals surface area contributed by atoms with Crippen molar-refractivity contribution in [3.05, 3.63) is 82.6 Å². The van der Waals surface area contributed by atoms with Gasteiger partial charge in [0.1, 0.15) is 11.5 Å². The van der Waals surface area contributed by atoms with Crippen molar-refractivity contribution < 1.29 is 4.42 Å². The molecule has 0 atom stereocenters. The summed E-state index contributed by atoms with van der Waals surface area (Å²) in [5, 5.41) is 4.15. The lowest BCUT2D eigenvalue weighted by Crippen LogP contribution is -2.11. The summed E-state index contributed by atoms with van der Waals surface area (Å²) in [7, 11) is 0. The Hall–Kier alpha value is -2.03. The van der Waals surface area contributed by atoms with Crippen LogP contribution in [0.25, 0.3) is 11.3 Å². The van der Waals surface area contributed by atoms with Crippen molar-refractivity contribution in [2.45, 2.75) is 20.0 Å². The second-order valence-electron chi connectivity index (χ2n) is 5.32. The molecule has 1 N–H and O–H groups in total. The summed E-state index contributed by atoms with van der Waals surface area (Å²) < 4.78 is 5.88. The van der Waals surface area contributed by atoms with E-state index in [1.807, 2.05) is 55.5 Å². The van der Waals surface area contributed by atoms with Gasteiger partial charge in [0, 0.05) is 17.1 Å². The minimum absolute atomic E-state index is 0.703. The predicted molar refractivity (Wildman–Crippen MR) is 90.9 cm³/mol. The highest BCUT2D eigenvalue weighted by atomic mass is 35.5. The summed E-state index contributed by atoms with van der Waals surface area (Å²) in [5.41, 5.74) is 3.34. The Labute approximate surface area is 135 Å². The number of nitrogens with one attached hydrogen (secondary N) is 1. The summed E-state index contributed by atoms with van der Waals surface area (Å²) in [6.07, 6.45) is 0. The van der Waals surface area contributed by atoms with E-state index in [1.54, 1.807) is 0 Å². The van der Waals surface area contributed by atoms with Gasteiger partial charge in [-0.2, -0.15) is 0 Å². The van der Waals surface area contributed by atoms with Gasteiger partial charge in [-0.3, -0.25) is 0 Å².